The van der Waals surface area contributed by atoms with Gasteiger partial charge in [-0.05, 0) is 57.1 Å². The van der Waals surface area contributed by atoms with Crippen LogP contribution in [-0.4, -0.2) is 82.7 Å². The predicted octanol–water partition coefficient (Wildman–Crippen LogP) is 4.46. The molecule has 3 amide bonds. The van der Waals surface area contributed by atoms with E-state index in [2.05, 4.69) is 20.1 Å². The lowest BCUT2D eigenvalue weighted by Gasteiger charge is -2.39. The lowest BCUT2D eigenvalue weighted by Crippen LogP contribution is -2.57. The Bertz CT molecular complexity index is 1180. The summed E-state index contributed by atoms with van der Waals surface area (Å²) in [6.07, 6.45) is 6.55. The first kappa shape index (κ1) is 31.3. The molecule has 0 aliphatic carbocycles. The van der Waals surface area contributed by atoms with E-state index in [1.807, 2.05) is 19.9 Å². The standard InChI is InChI=1S/C32H44ClN3O5/c1-6-16-34(17-7-2)28(38)25-26-29(39)36(19-12-9-13-20-37)27(32(26)21-22(4)31(25,5)41-32)30(40)35(18-8-3)24-15-11-10-14-23(24)33/h6,8,10-11,14-15,22,25-27,37H,1,3,7,9,12-13,16-21H2,2,4-5H3/t22?,25-,26+,27?,31+,32?/m1/s1. The quantitative estimate of drug-likeness (QED) is 0.257. The zero-order valence-electron chi connectivity index (χ0n) is 24.6. The summed E-state index contributed by atoms with van der Waals surface area (Å²) in [6.45, 7) is 15.2. The Morgan fingerprint density at radius 3 is 2.51 bits per heavy atom. The number of aliphatic hydroxyl groups is 1. The van der Waals surface area contributed by atoms with E-state index in [-0.39, 0.29) is 36.8 Å². The van der Waals surface area contributed by atoms with E-state index in [0.29, 0.717) is 56.0 Å². The van der Waals surface area contributed by atoms with E-state index in [9.17, 15) is 19.5 Å². The Hall–Kier alpha value is -2.68. The first-order valence-corrected chi connectivity index (χ1v) is 15.2. The number of halogens is 1. The number of nitrogens with zero attached hydrogens (tertiary/aromatic N) is 3. The van der Waals surface area contributed by atoms with E-state index in [0.717, 1.165) is 6.42 Å². The molecule has 3 aliphatic heterocycles. The van der Waals surface area contributed by atoms with E-state index in [4.69, 9.17) is 16.3 Å². The minimum absolute atomic E-state index is 0.0504. The van der Waals surface area contributed by atoms with Crippen molar-refractivity contribution >= 4 is 35.0 Å². The predicted molar refractivity (Wildman–Crippen MR) is 160 cm³/mol. The molecule has 3 unspecified atom stereocenters. The number of carbonyl (C=O) groups excluding carboxylic acids is 3. The van der Waals surface area contributed by atoms with Gasteiger partial charge in [-0.25, -0.2) is 0 Å². The van der Waals surface area contributed by atoms with Crippen molar-refractivity contribution in [2.75, 3.05) is 37.7 Å². The lowest BCUT2D eigenvalue weighted by atomic mass is 9.62. The van der Waals surface area contributed by atoms with Crippen molar-refractivity contribution in [2.45, 2.75) is 70.1 Å². The van der Waals surface area contributed by atoms with Gasteiger partial charge in [0.05, 0.1) is 28.1 Å². The number of hydrogen-bond donors (Lipinski definition) is 1. The average Bonchev–Trinajstić information content (AvgIpc) is 3.46. The fraction of sp³-hybridized carbons (Fsp3) is 0.594. The molecular weight excluding hydrogens is 542 g/mol. The number of carbonyl (C=O) groups is 3. The van der Waals surface area contributed by atoms with Crippen LogP contribution in [0.1, 0.15) is 52.9 Å². The molecule has 0 radical (unpaired) electrons. The number of anilines is 1. The van der Waals surface area contributed by atoms with Crippen LogP contribution >= 0.6 is 11.6 Å². The van der Waals surface area contributed by atoms with Gasteiger partial charge in [0.1, 0.15) is 11.6 Å². The molecule has 1 aromatic rings. The number of fused-ring (bicyclic) bond motifs is 1. The maximum Gasteiger partial charge on any atom is 0.253 e. The number of aliphatic hydroxyl groups excluding tert-OH is 1. The summed E-state index contributed by atoms with van der Waals surface area (Å²) in [4.78, 5) is 48.3. The molecule has 3 saturated heterocycles. The summed E-state index contributed by atoms with van der Waals surface area (Å²) in [5, 5.41) is 9.73. The zero-order chi connectivity index (χ0) is 29.9. The van der Waals surface area contributed by atoms with Gasteiger partial charge in [-0.15, -0.1) is 13.2 Å². The first-order valence-electron chi connectivity index (χ1n) is 14.8. The summed E-state index contributed by atoms with van der Waals surface area (Å²) < 4.78 is 6.90. The van der Waals surface area contributed by atoms with Crippen molar-refractivity contribution in [3.8, 4) is 0 Å². The summed E-state index contributed by atoms with van der Waals surface area (Å²) in [5.41, 5.74) is -1.50. The minimum atomic E-state index is -1.15. The number of hydrogen-bond acceptors (Lipinski definition) is 5. The second-order valence-electron chi connectivity index (χ2n) is 11.8. The van der Waals surface area contributed by atoms with Gasteiger partial charge in [-0.1, -0.05) is 49.7 Å². The molecule has 3 aliphatic rings. The maximum absolute atomic E-state index is 14.7. The Kier molecular flexibility index (Phi) is 9.66. The van der Waals surface area contributed by atoms with Crippen LogP contribution in [0.25, 0.3) is 0 Å². The smallest absolute Gasteiger partial charge is 0.253 e. The van der Waals surface area contributed by atoms with Crippen LogP contribution in [0.3, 0.4) is 0 Å². The fourth-order valence-corrected chi connectivity index (χ4v) is 7.61. The van der Waals surface area contributed by atoms with Crippen molar-refractivity contribution in [2.24, 2.45) is 17.8 Å². The molecule has 8 nitrogen and oxygen atoms in total. The van der Waals surface area contributed by atoms with Gasteiger partial charge in [0.25, 0.3) is 5.91 Å². The normalized spacial score (nSPS) is 29.9. The number of benzene rings is 1. The Morgan fingerprint density at radius 2 is 1.88 bits per heavy atom. The third-order valence-corrected chi connectivity index (χ3v) is 9.57. The zero-order valence-corrected chi connectivity index (χ0v) is 25.3. The van der Waals surface area contributed by atoms with Gasteiger partial charge in [0.2, 0.25) is 11.8 Å². The number of amides is 3. The van der Waals surface area contributed by atoms with E-state index in [1.54, 1.807) is 45.1 Å². The SMILES string of the molecule is C=CCN(CCC)C(=O)[C@H]1[C@H]2C(=O)N(CCCCCO)C(C(=O)N(CC=C)c3ccccc3Cl)C23CC(C)[C@]1(C)O3. The highest BCUT2D eigenvalue weighted by Crippen LogP contribution is 2.65. The van der Waals surface area contributed by atoms with Crippen LogP contribution < -0.4 is 4.90 Å². The highest BCUT2D eigenvalue weighted by atomic mass is 35.5. The van der Waals surface area contributed by atoms with Crippen LogP contribution in [0.5, 0.6) is 0 Å². The van der Waals surface area contributed by atoms with Crippen LogP contribution in [0.2, 0.25) is 5.02 Å². The average molecular weight is 586 g/mol. The number of unbranched alkanes of at least 4 members (excludes halogenated alkanes) is 2. The highest BCUT2D eigenvalue weighted by Gasteiger charge is 2.80. The maximum atomic E-state index is 14.7. The first-order chi connectivity index (χ1) is 19.6. The largest absolute Gasteiger partial charge is 0.396 e. The van der Waals surface area contributed by atoms with Crippen LogP contribution in [0, 0.1) is 17.8 Å². The molecule has 41 heavy (non-hydrogen) atoms. The topological polar surface area (TPSA) is 90.4 Å². The van der Waals surface area contributed by atoms with Gasteiger partial charge < -0.3 is 24.5 Å². The van der Waals surface area contributed by atoms with Crippen LogP contribution in [-0.2, 0) is 19.1 Å². The molecule has 6 atom stereocenters. The highest BCUT2D eigenvalue weighted by molar-refractivity contribution is 6.34. The number of rotatable bonds is 14. The molecule has 224 valence electrons. The molecule has 1 N–H and O–H groups in total. The van der Waals surface area contributed by atoms with Crippen molar-refractivity contribution in [3.05, 3.63) is 54.6 Å². The molecule has 0 aromatic heterocycles. The molecular formula is C32H44ClN3O5. The Balaban J connectivity index is 1.82. The third kappa shape index (κ3) is 5.23. The Morgan fingerprint density at radius 1 is 1.17 bits per heavy atom. The van der Waals surface area contributed by atoms with Gasteiger partial charge in [0.15, 0.2) is 0 Å². The molecule has 9 heteroatoms. The van der Waals surface area contributed by atoms with Gasteiger partial charge in [0, 0.05) is 32.8 Å². The van der Waals surface area contributed by atoms with Crippen molar-refractivity contribution in [3.63, 3.8) is 0 Å². The molecule has 1 spiro atoms. The molecule has 3 heterocycles. The van der Waals surface area contributed by atoms with E-state index >= 15 is 0 Å². The van der Waals surface area contributed by atoms with Gasteiger partial charge >= 0.3 is 0 Å². The molecule has 1 aromatic carbocycles. The van der Waals surface area contributed by atoms with Gasteiger partial charge in [-0.3, -0.25) is 14.4 Å². The van der Waals surface area contributed by atoms with Crippen LogP contribution in [0.4, 0.5) is 5.69 Å². The second-order valence-corrected chi connectivity index (χ2v) is 12.2. The van der Waals surface area contributed by atoms with Crippen LogP contribution in [0.15, 0.2) is 49.6 Å². The molecule has 4 rings (SSSR count). The van der Waals surface area contributed by atoms with Crippen molar-refractivity contribution in [1.82, 2.24) is 9.80 Å². The van der Waals surface area contributed by atoms with Gasteiger partial charge in [-0.2, -0.15) is 0 Å². The molecule has 0 saturated carbocycles. The van der Waals surface area contributed by atoms with E-state index < -0.39 is 29.1 Å². The van der Waals surface area contributed by atoms with E-state index in [1.165, 1.54) is 0 Å². The second kappa shape index (κ2) is 12.7. The summed E-state index contributed by atoms with van der Waals surface area (Å²) in [7, 11) is 0. The lowest BCUT2D eigenvalue weighted by molar-refractivity contribution is -0.151. The number of ether oxygens (including phenoxy) is 1. The number of likely N-dealkylation sites (tertiary alicyclic amines) is 1. The monoisotopic (exact) mass is 585 g/mol. The number of para-hydroxylation sites is 1. The molecule has 2 bridgehead atoms. The third-order valence-electron chi connectivity index (χ3n) is 9.25. The summed E-state index contributed by atoms with van der Waals surface area (Å²) >= 11 is 6.56. The summed E-state index contributed by atoms with van der Waals surface area (Å²) in [6, 6.07) is 6.20. The van der Waals surface area contributed by atoms with Crippen molar-refractivity contribution in [1.29, 1.82) is 0 Å². The molecule has 3 fully saturated rings. The fourth-order valence-electron chi connectivity index (χ4n) is 7.37. The summed E-state index contributed by atoms with van der Waals surface area (Å²) in [5.74, 6) is -2.17. The van der Waals surface area contributed by atoms with Crippen molar-refractivity contribution < 1.29 is 24.2 Å². The Labute approximate surface area is 248 Å². The minimum Gasteiger partial charge on any atom is -0.396 e.